The number of nitrogens with zero attached hydrogens (tertiary/aromatic N) is 1. The van der Waals surface area contributed by atoms with Gasteiger partial charge in [0.25, 0.3) is 0 Å². The van der Waals surface area contributed by atoms with E-state index in [1.54, 1.807) is 0 Å². The SMILES string of the molecule is CC.CCCN(C=O)C(C)(C)CC(C)C. The molecule has 92 valence electrons. The van der Waals surface area contributed by atoms with Crippen LogP contribution in [0.3, 0.4) is 0 Å². The molecule has 0 bridgehead atoms. The van der Waals surface area contributed by atoms with Crippen molar-refractivity contribution < 1.29 is 4.79 Å². The molecule has 0 N–H and O–H groups in total. The summed E-state index contributed by atoms with van der Waals surface area (Å²) in [6, 6.07) is 0. The molecule has 0 radical (unpaired) electrons. The van der Waals surface area contributed by atoms with Crippen LogP contribution in [0, 0.1) is 5.92 Å². The van der Waals surface area contributed by atoms with Crippen LogP contribution in [0.25, 0.3) is 0 Å². The van der Waals surface area contributed by atoms with Crippen molar-refractivity contribution in [3.05, 3.63) is 0 Å². The Labute approximate surface area is 96.0 Å². The van der Waals surface area contributed by atoms with Crippen molar-refractivity contribution in [1.82, 2.24) is 4.90 Å². The average molecular weight is 215 g/mol. The quantitative estimate of drug-likeness (QED) is 0.619. The van der Waals surface area contributed by atoms with Gasteiger partial charge in [0.2, 0.25) is 6.41 Å². The first-order valence-electron chi connectivity index (χ1n) is 6.16. The van der Waals surface area contributed by atoms with Crippen molar-refractivity contribution in [2.75, 3.05) is 6.54 Å². The molecular formula is C13H29NO. The molecule has 0 saturated carbocycles. The minimum Gasteiger partial charge on any atom is -0.340 e. The van der Waals surface area contributed by atoms with E-state index in [9.17, 15) is 4.79 Å². The number of carbonyl (C=O) groups is 1. The number of amides is 1. The van der Waals surface area contributed by atoms with E-state index in [4.69, 9.17) is 0 Å². The molecule has 0 aromatic carbocycles. The highest BCUT2D eigenvalue weighted by Gasteiger charge is 2.25. The van der Waals surface area contributed by atoms with Crippen LogP contribution in [0.4, 0.5) is 0 Å². The standard InChI is InChI=1S/C11H23NO.C2H6/c1-6-7-12(9-13)11(4,5)8-10(2)3;1-2/h9-10H,6-8H2,1-5H3;1-2H3. The van der Waals surface area contributed by atoms with Crippen molar-refractivity contribution in [2.45, 2.75) is 66.8 Å². The van der Waals surface area contributed by atoms with Crippen LogP contribution in [-0.4, -0.2) is 23.4 Å². The van der Waals surface area contributed by atoms with Crippen molar-refractivity contribution in [3.63, 3.8) is 0 Å². The molecule has 2 heteroatoms. The van der Waals surface area contributed by atoms with Gasteiger partial charge in [0.15, 0.2) is 0 Å². The molecular weight excluding hydrogens is 186 g/mol. The van der Waals surface area contributed by atoms with Gasteiger partial charge in [-0.1, -0.05) is 34.6 Å². The first kappa shape index (κ1) is 16.9. The van der Waals surface area contributed by atoms with E-state index in [2.05, 4.69) is 34.6 Å². The summed E-state index contributed by atoms with van der Waals surface area (Å²) in [7, 11) is 0. The number of rotatable bonds is 6. The van der Waals surface area contributed by atoms with Gasteiger partial charge < -0.3 is 4.90 Å². The fraction of sp³-hybridized carbons (Fsp3) is 0.923. The summed E-state index contributed by atoms with van der Waals surface area (Å²) < 4.78 is 0. The molecule has 15 heavy (non-hydrogen) atoms. The third-order valence-corrected chi connectivity index (χ3v) is 2.28. The lowest BCUT2D eigenvalue weighted by atomic mass is 9.91. The van der Waals surface area contributed by atoms with E-state index in [1.165, 1.54) is 0 Å². The molecule has 0 spiro atoms. The minimum absolute atomic E-state index is 0.00588. The Kier molecular flexibility index (Phi) is 9.85. The van der Waals surface area contributed by atoms with E-state index < -0.39 is 0 Å². The fourth-order valence-corrected chi connectivity index (χ4v) is 1.86. The topological polar surface area (TPSA) is 20.3 Å². The largest absolute Gasteiger partial charge is 0.340 e. The van der Waals surface area contributed by atoms with Crippen molar-refractivity contribution in [3.8, 4) is 0 Å². The van der Waals surface area contributed by atoms with Gasteiger partial charge in [0.05, 0.1) is 0 Å². The Bertz CT molecular complexity index is 153. The van der Waals surface area contributed by atoms with Crippen LogP contribution in [0.15, 0.2) is 0 Å². The van der Waals surface area contributed by atoms with Crippen molar-refractivity contribution in [2.24, 2.45) is 5.92 Å². The fourth-order valence-electron chi connectivity index (χ4n) is 1.86. The highest BCUT2D eigenvalue weighted by atomic mass is 16.1. The monoisotopic (exact) mass is 215 g/mol. The zero-order valence-corrected chi connectivity index (χ0v) is 11.6. The van der Waals surface area contributed by atoms with Crippen LogP contribution in [0.5, 0.6) is 0 Å². The maximum Gasteiger partial charge on any atom is 0.210 e. The normalized spacial score (nSPS) is 10.7. The van der Waals surface area contributed by atoms with Crippen molar-refractivity contribution in [1.29, 1.82) is 0 Å². The highest BCUT2D eigenvalue weighted by Crippen LogP contribution is 2.22. The Hall–Kier alpha value is -0.530. The van der Waals surface area contributed by atoms with Gasteiger partial charge in [-0.15, -0.1) is 0 Å². The zero-order valence-electron chi connectivity index (χ0n) is 11.6. The Morgan fingerprint density at radius 3 is 2.00 bits per heavy atom. The molecule has 0 atom stereocenters. The third kappa shape index (κ3) is 7.40. The Morgan fingerprint density at radius 2 is 1.73 bits per heavy atom. The number of hydrogen-bond acceptors (Lipinski definition) is 1. The molecule has 0 aliphatic rings. The molecule has 0 aromatic rings. The maximum absolute atomic E-state index is 10.8. The van der Waals surface area contributed by atoms with Gasteiger partial charge in [0, 0.05) is 12.1 Å². The molecule has 0 saturated heterocycles. The van der Waals surface area contributed by atoms with Gasteiger partial charge in [-0.3, -0.25) is 4.79 Å². The summed E-state index contributed by atoms with van der Waals surface area (Å²) in [4.78, 5) is 12.8. The van der Waals surface area contributed by atoms with Gasteiger partial charge in [-0.2, -0.15) is 0 Å². The summed E-state index contributed by atoms with van der Waals surface area (Å²) >= 11 is 0. The van der Waals surface area contributed by atoms with E-state index in [1.807, 2.05) is 18.7 Å². The van der Waals surface area contributed by atoms with Gasteiger partial charge in [0.1, 0.15) is 0 Å². The van der Waals surface area contributed by atoms with E-state index in [-0.39, 0.29) is 5.54 Å². The zero-order chi connectivity index (χ0) is 12.5. The predicted molar refractivity (Wildman–Crippen MR) is 67.9 cm³/mol. The highest BCUT2D eigenvalue weighted by molar-refractivity contribution is 5.48. The Balaban J connectivity index is 0. The van der Waals surface area contributed by atoms with Crippen LogP contribution >= 0.6 is 0 Å². The van der Waals surface area contributed by atoms with Gasteiger partial charge >= 0.3 is 0 Å². The summed E-state index contributed by atoms with van der Waals surface area (Å²) in [5.74, 6) is 0.634. The Morgan fingerprint density at radius 1 is 1.27 bits per heavy atom. The molecule has 0 heterocycles. The van der Waals surface area contributed by atoms with E-state index >= 15 is 0 Å². The molecule has 0 rings (SSSR count). The lowest BCUT2D eigenvalue weighted by Gasteiger charge is -2.37. The second-order valence-electron chi connectivity index (χ2n) is 4.71. The first-order chi connectivity index (χ1) is 6.94. The van der Waals surface area contributed by atoms with Gasteiger partial charge in [-0.25, -0.2) is 0 Å². The van der Waals surface area contributed by atoms with Crippen LogP contribution in [0.2, 0.25) is 0 Å². The van der Waals surface area contributed by atoms with Gasteiger partial charge in [-0.05, 0) is 32.6 Å². The molecule has 0 fully saturated rings. The second-order valence-corrected chi connectivity index (χ2v) is 4.71. The summed E-state index contributed by atoms with van der Waals surface area (Å²) in [6.07, 6.45) is 3.07. The lowest BCUT2D eigenvalue weighted by molar-refractivity contribution is -0.123. The smallest absolute Gasteiger partial charge is 0.210 e. The van der Waals surface area contributed by atoms with Crippen LogP contribution in [0.1, 0.15) is 61.3 Å². The summed E-state index contributed by atoms with van der Waals surface area (Å²) in [6.45, 7) is 15.6. The first-order valence-corrected chi connectivity index (χ1v) is 6.16. The molecule has 0 aliphatic heterocycles. The van der Waals surface area contributed by atoms with Crippen LogP contribution in [-0.2, 0) is 4.79 Å². The lowest BCUT2D eigenvalue weighted by Crippen LogP contribution is -2.44. The number of hydrogen-bond donors (Lipinski definition) is 0. The summed E-state index contributed by atoms with van der Waals surface area (Å²) in [5.41, 5.74) is 0.00588. The third-order valence-electron chi connectivity index (χ3n) is 2.28. The minimum atomic E-state index is 0.00588. The molecule has 0 aliphatic carbocycles. The molecule has 0 unspecified atom stereocenters. The molecule has 2 nitrogen and oxygen atoms in total. The number of carbonyl (C=O) groups excluding carboxylic acids is 1. The van der Waals surface area contributed by atoms with Crippen LogP contribution < -0.4 is 0 Å². The van der Waals surface area contributed by atoms with E-state index in [0.29, 0.717) is 5.92 Å². The summed E-state index contributed by atoms with van der Waals surface area (Å²) in [5, 5.41) is 0. The van der Waals surface area contributed by atoms with Crippen molar-refractivity contribution >= 4 is 6.41 Å². The average Bonchev–Trinajstić information content (AvgIpc) is 2.15. The second kappa shape index (κ2) is 8.75. The maximum atomic E-state index is 10.8. The molecule has 1 amide bonds. The molecule has 0 aromatic heterocycles. The van der Waals surface area contributed by atoms with E-state index in [0.717, 1.165) is 25.8 Å². The predicted octanol–water partition coefficient (Wildman–Crippen LogP) is 3.71.